The van der Waals surface area contributed by atoms with Gasteiger partial charge in [-0.3, -0.25) is 9.10 Å². The van der Waals surface area contributed by atoms with Crippen molar-refractivity contribution < 1.29 is 22.3 Å². The van der Waals surface area contributed by atoms with Crippen molar-refractivity contribution in [2.24, 2.45) is 4.99 Å². The third-order valence-corrected chi connectivity index (χ3v) is 6.46. The van der Waals surface area contributed by atoms with Crippen LogP contribution >= 0.6 is 0 Å². The van der Waals surface area contributed by atoms with Crippen LogP contribution in [0.15, 0.2) is 69.5 Å². The number of carbonyl (C=O) groups is 1. The van der Waals surface area contributed by atoms with Crippen molar-refractivity contribution in [1.29, 1.82) is 0 Å². The van der Waals surface area contributed by atoms with Crippen LogP contribution in [-0.2, 0) is 19.6 Å². The van der Waals surface area contributed by atoms with Gasteiger partial charge in [-0.2, -0.15) is 4.99 Å². The molecule has 0 atom stereocenters. The number of amides is 1. The lowest BCUT2D eigenvalue weighted by Gasteiger charge is -2.24. The number of rotatable bonds is 3. The fourth-order valence-corrected chi connectivity index (χ4v) is 4.69. The molecule has 9 heteroatoms. The zero-order valence-corrected chi connectivity index (χ0v) is 18.2. The Balaban J connectivity index is 1.96. The van der Waals surface area contributed by atoms with E-state index in [9.17, 15) is 17.6 Å². The predicted molar refractivity (Wildman–Crippen MR) is 116 cm³/mol. The van der Waals surface area contributed by atoms with Gasteiger partial charge in [0.05, 0.1) is 18.2 Å². The molecule has 1 aromatic rings. The number of sulfonamides is 1. The molecule has 0 fully saturated rings. The van der Waals surface area contributed by atoms with Gasteiger partial charge >= 0.3 is 0 Å². The molecule has 162 valence electrons. The summed E-state index contributed by atoms with van der Waals surface area (Å²) in [7, 11) is -2.06. The maximum atomic E-state index is 13.5. The molecule has 0 aliphatic carbocycles. The Bertz CT molecular complexity index is 1220. The molecular weight excluding hydrogens is 421 g/mol. The van der Waals surface area contributed by atoms with Crippen LogP contribution in [0, 0.1) is 5.82 Å². The van der Waals surface area contributed by atoms with E-state index in [4.69, 9.17) is 4.74 Å². The highest BCUT2D eigenvalue weighted by Gasteiger charge is 2.34. The molecule has 0 aromatic heterocycles. The van der Waals surface area contributed by atoms with Crippen molar-refractivity contribution in [2.75, 3.05) is 19.8 Å². The minimum Gasteiger partial charge on any atom is -0.441 e. The predicted octanol–water partition coefficient (Wildman–Crippen LogP) is 2.86. The second kappa shape index (κ2) is 7.81. The Kier molecular flexibility index (Phi) is 5.30. The second-order valence-corrected chi connectivity index (χ2v) is 9.40. The van der Waals surface area contributed by atoms with Gasteiger partial charge in [-0.15, -0.1) is 0 Å². The highest BCUT2D eigenvalue weighted by Crippen LogP contribution is 2.39. The molecule has 0 spiro atoms. The molecule has 7 nitrogen and oxygen atoms in total. The first kappa shape index (κ1) is 21.0. The van der Waals surface area contributed by atoms with Crippen LogP contribution in [0.25, 0.3) is 5.76 Å². The first-order valence-electron chi connectivity index (χ1n) is 9.77. The summed E-state index contributed by atoms with van der Waals surface area (Å²) in [5, 5.41) is 2.63. The van der Waals surface area contributed by atoms with Gasteiger partial charge in [0.15, 0.2) is 5.82 Å². The molecule has 4 rings (SSSR count). The molecule has 3 aliphatic rings. The van der Waals surface area contributed by atoms with E-state index in [0.29, 0.717) is 28.7 Å². The number of hydrogen-bond donors (Lipinski definition) is 1. The maximum Gasteiger partial charge on any atom is 0.255 e. The van der Waals surface area contributed by atoms with Gasteiger partial charge in [0.25, 0.3) is 5.91 Å². The number of hydrogen-bond acceptors (Lipinski definition) is 5. The van der Waals surface area contributed by atoms with Crippen LogP contribution in [0.2, 0.25) is 0 Å². The fourth-order valence-electron chi connectivity index (χ4n) is 3.80. The molecular formula is C22H22FN3O4S. The molecule has 0 unspecified atom stereocenters. The van der Waals surface area contributed by atoms with E-state index in [1.807, 2.05) is 13.0 Å². The average Bonchev–Trinajstić information content (AvgIpc) is 2.96. The summed E-state index contributed by atoms with van der Waals surface area (Å²) in [5.74, 6) is 0.0280. The lowest BCUT2D eigenvalue weighted by Crippen LogP contribution is -2.30. The summed E-state index contributed by atoms with van der Waals surface area (Å²) in [5.41, 5.74) is 2.97. The minimum absolute atomic E-state index is 0.228. The van der Waals surface area contributed by atoms with Crippen LogP contribution in [0.3, 0.4) is 0 Å². The largest absolute Gasteiger partial charge is 0.441 e. The van der Waals surface area contributed by atoms with Gasteiger partial charge < -0.3 is 10.1 Å². The van der Waals surface area contributed by atoms with E-state index in [1.54, 1.807) is 6.08 Å². The molecule has 0 radical (unpaired) electrons. The average molecular weight is 444 g/mol. The molecule has 1 N–H and O–H groups in total. The van der Waals surface area contributed by atoms with Crippen LogP contribution in [-0.4, -0.2) is 44.4 Å². The maximum absolute atomic E-state index is 13.5. The molecule has 0 saturated heterocycles. The van der Waals surface area contributed by atoms with E-state index in [0.717, 1.165) is 11.8 Å². The topological polar surface area (TPSA) is 88.1 Å². The van der Waals surface area contributed by atoms with E-state index in [-0.39, 0.29) is 36.4 Å². The highest BCUT2D eigenvalue weighted by atomic mass is 32.2. The lowest BCUT2D eigenvalue weighted by molar-refractivity contribution is -0.116. The van der Waals surface area contributed by atoms with Crippen LogP contribution in [0.4, 0.5) is 4.39 Å². The van der Waals surface area contributed by atoms with Crippen LogP contribution in [0.5, 0.6) is 0 Å². The summed E-state index contributed by atoms with van der Waals surface area (Å²) in [6, 6.07) is 5.62. The Morgan fingerprint density at radius 3 is 2.61 bits per heavy atom. The molecule has 0 saturated carbocycles. The number of nitrogens with zero attached hydrogens (tertiary/aromatic N) is 2. The van der Waals surface area contributed by atoms with Crippen molar-refractivity contribution in [2.45, 2.75) is 19.8 Å². The number of halogens is 1. The van der Waals surface area contributed by atoms with Crippen molar-refractivity contribution in [3.63, 3.8) is 0 Å². The third kappa shape index (κ3) is 3.93. The number of nitrogens with one attached hydrogen (secondary N) is 1. The Morgan fingerprint density at radius 1 is 1.26 bits per heavy atom. The number of carbonyl (C=O) groups excluding carboxylic acids is 1. The quantitative estimate of drug-likeness (QED) is 0.778. The zero-order chi connectivity index (χ0) is 22.3. The number of aliphatic imine (C=N–C) groups is 1. The summed E-state index contributed by atoms with van der Waals surface area (Å²) in [6.45, 7) is 2.15. The normalized spacial score (nSPS) is 18.8. The SMILES string of the molecule is CNC(=O)C1=C(c2ccc(F)cc2)OC2=NC3=C(C=C1C2)C(C)=CCCN3S(C)(=O)=O. The first-order valence-corrected chi connectivity index (χ1v) is 11.6. The van der Waals surface area contributed by atoms with Gasteiger partial charge in [-0.25, -0.2) is 12.8 Å². The van der Waals surface area contributed by atoms with Crippen LogP contribution < -0.4 is 5.32 Å². The summed E-state index contributed by atoms with van der Waals surface area (Å²) in [6.07, 6.45) is 5.67. The van der Waals surface area contributed by atoms with Crippen molar-refractivity contribution in [1.82, 2.24) is 9.62 Å². The second-order valence-electron chi connectivity index (χ2n) is 7.49. The Morgan fingerprint density at radius 2 is 1.97 bits per heavy atom. The summed E-state index contributed by atoms with van der Waals surface area (Å²) in [4.78, 5) is 17.4. The van der Waals surface area contributed by atoms with Gasteiger partial charge in [-0.1, -0.05) is 6.08 Å². The van der Waals surface area contributed by atoms with E-state index < -0.39 is 15.8 Å². The monoisotopic (exact) mass is 443 g/mol. The van der Waals surface area contributed by atoms with Crippen molar-refractivity contribution in [3.05, 3.63) is 75.9 Å². The summed E-state index contributed by atoms with van der Waals surface area (Å²) < 4.78 is 45.7. The van der Waals surface area contributed by atoms with E-state index >= 15 is 0 Å². The van der Waals surface area contributed by atoms with Gasteiger partial charge in [-0.05, 0) is 54.8 Å². The van der Waals surface area contributed by atoms with Gasteiger partial charge in [0.1, 0.15) is 11.6 Å². The first-order chi connectivity index (χ1) is 14.7. The molecule has 3 heterocycles. The van der Waals surface area contributed by atoms with Crippen molar-refractivity contribution in [3.8, 4) is 0 Å². The molecule has 2 bridgehead atoms. The van der Waals surface area contributed by atoms with Crippen molar-refractivity contribution >= 4 is 27.6 Å². The third-order valence-electron chi connectivity index (χ3n) is 5.30. The Hall–Kier alpha value is -3.20. The number of allylic oxidation sites excluding steroid dienone is 3. The van der Waals surface area contributed by atoms with Gasteiger partial charge in [0.2, 0.25) is 15.9 Å². The number of fused-ring (bicyclic) bond motifs is 2. The lowest BCUT2D eigenvalue weighted by atomic mass is 9.92. The summed E-state index contributed by atoms with van der Waals surface area (Å²) >= 11 is 0. The standard InChI is InChI=1S/C22H22FN3O4S/c1-13-5-4-10-26(31(3,28)29)21-17(13)11-15-12-18(25-21)30-20(19(15)22(27)24-2)14-6-8-16(23)9-7-14/h5-9,11H,4,10,12H2,1-3H3,(H,24,27). The zero-order valence-electron chi connectivity index (χ0n) is 17.4. The highest BCUT2D eigenvalue weighted by molar-refractivity contribution is 7.88. The molecule has 1 amide bonds. The Labute approximate surface area is 180 Å². The fraction of sp³-hybridized carbons (Fsp3) is 0.273. The smallest absolute Gasteiger partial charge is 0.255 e. The minimum atomic E-state index is -3.58. The number of likely N-dealkylation sites (N-methyl/N-ethyl adjacent to an activating group) is 1. The molecule has 1 aromatic carbocycles. The molecule has 3 aliphatic heterocycles. The number of benzene rings is 1. The van der Waals surface area contributed by atoms with E-state index in [2.05, 4.69) is 10.3 Å². The number of ether oxygens (including phenoxy) is 1. The van der Waals surface area contributed by atoms with Crippen LogP contribution in [0.1, 0.15) is 25.3 Å². The molecule has 31 heavy (non-hydrogen) atoms. The van der Waals surface area contributed by atoms with E-state index in [1.165, 1.54) is 35.6 Å². The van der Waals surface area contributed by atoms with Gasteiger partial charge in [0, 0.05) is 24.7 Å².